The predicted octanol–water partition coefficient (Wildman–Crippen LogP) is 10.3. The zero-order valence-electron chi connectivity index (χ0n) is 31.3. The highest BCUT2D eigenvalue weighted by Crippen LogP contribution is 2.45. The summed E-state index contributed by atoms with van der Waals surface area (Å²) in [7, 11) is 2.17. The van der Waals surface area contributed by atoms with Crippen LogP contribution in [0.5, 0.6) is 0 Å². The Hall–Kier alpha value is -3.41. The molecule has 1 unspecified atom stereocenters. The molecular weight excluding hydrogens is 618 g/mol. The van der Waals surface area contributed by atoms with Crippen molar-refractivity contribution in [1.82, 2.24) is 0 Å². The minimum Gasteiger partial charge on any atom is -0.195 e. The molecule has 2 saturated carbocycles. The molecule has 0 amide bonds. The Balaban J connectivity index is 0.000000173. The van der Waals surface area contributed by atoms with Crippen molar-refractivity contribution in [2.24, 2.45) is 0 Å². The van der Waals surface area contributed by atoms with Gasteiger partial charge in [-0.1, -0.05) is 188 Å². The molecule has 5 aromatic rings. The van der Waals surface area contributed by atoms with Gasteiger partial charge in [0.25, 0.3) is 0 Å². The molecular formula is C48H60BP. The lowest BCUT2D eigenvalue weighted by Gasteiger charge is -2.44. The van der Waals surface area contributed by atoms with E-state index in [2.05, 4.69) is 164 Å². The Morgan fingerprint density at radius 3 is 1.12 bits per heavy atom. The van der Waals surface area contributed by atoms with Gasteiger partial charge in [0.05, 0.1) is 5.30 Å². The molecule has 0 aliphatic heterocycles. The van der Waals surface area contributed by atoms with Gasteiger partial charge in [-0.2, -0.15) is 21.9 Å². The second kappa shape index (κ2) is 17.2. The molecule has 0 saturated heterocycles. The van der Waals surface area contributed by atoms with E-state index in [1.165, 1.54) is 86.1 Å². The van der Waals surface area contributed by atoms with Crippen LogP contribution in [-0.4, -0.2) is 6.15 Å². The highest BCUT2D eigenvalue weighted by atomic mass is 31.0. The standard InChI is InChI=1S/C24H20B.C24H39P/c1-5-13-21(14-6-1)25(22-15-7-2-8-16-22,23-17-9-3-10-18-23)24-19-11-4-12-20-24;1-16(2)20-15-21(25)24(19-13-9-6-10-14-19)22(17(3)4)23(20)18-11-7-5-8-12-18/h1-20H;15-19H,5-14,25H2,1-4H3/q-1;/p+1. The molecule has 0 heterocycles. The third kappa shape index (κ3) is 7.75. The zero-order chi connectivity index (χ0) is 34.9. The zero-order valence-corrected chi connectivity index (χ0v) is 32.7. The summed E-state index contributed by atoms with van der Waals surface area (Å²) in [4.78, 5) is 0. The van der Waals surface area contributed by atoms with Crippen molar-refractivity contribution in [1.29, 1.82) is 0 Å². The van der Waals surface area contributed by atoms with Gasteiger partial charge in [0.1, 0.15) is 6.15 Å². The van der Waals surface area contributed by atoms with Crippen LogP contribution >= 0.6 is 9.24 Å². The molecule has 7 rings (SSSR count). The lowest BCUT2D eigenvalue weighted by Crippen LogP contribution is -2.74. The van der Waals surface area contributed by atoms with E-state index < -0.39 is 6.15 Å². The molecule has 2 aliphatic rings. The Morgan fingerprint density at radius 2 is 0.800 bits per heavy atom. The van der Waals surface area contributed by atoms with E-state index >= 15 is 0 Å². The fourth-order valence-electron chi connectivity index (χ4n) is 9.76. The van der Waals surface area contributed by atoms with Gasteiger partial charge in [0.2, 0.25) is 0 Å². The van der Waals surface area contributed by atoms with Gasteiger partial charge in [-0.05, 0) is 72.1 Å². The van der Waals surface area contributed by atoms with Gasteiger partial charge in [0, 0.05) is 14.8 Å². The number of rotatable bonds is 8. The first kappa shape index (κ1) is 36.4. The Morgan fingerprint density at radius 1 is 0.460 bits per heavy atom. The Kier molecular flexibility index (Phi) is 12.5. The van der Waals surface area contributed by atoms with Crippen molar-refractivity contribution in [2.75, 3.05) is 0 Å². The Labute approximate surface area is 306 Å². The molecule has 0 aromatic heterocycles. The largest absolute Gasteiger partial charge is 0.195 e. The smallest absolute Gasteiger partial charge is 0.108 e. The molecule has 0 N–H and O–H groups in total. The van der Waals surface area contributed by atoms with Gasteiger partial charge >= 0.3 is 0 Å². The van der Waals surface area contributed by atoms with E-state index in [1.54, 1.807) is 27.6 Å². The third-order valence-corrected chi connectivity index (χ3v) is 12.6. The number of hydrogen-bond acceptors (Lipinski definition) is 0. The summed E-state index contributed by atoms with van der Waals surface area (Å²) in [6.45, 7) is 9.74. The second-order valence-corrected chi connectivity index (χ2v) is 16.6. The minimum absolute atomic E-state index is 0.651. The molecule has 0 radical (unpaired) electrons. The molecule has 260 valence electrons. The minimum atomic E-state index is -1.22. The van der Waals surface area contributed by atoms with Gasteiger partial charge in [-0.3, -0.25) is 0 Å². The molecule has 2 heteroatoms. The van der Waals surface area contributed by atoms with E-state index in [-0.39, 0.29) is 0 Å². The molecule has 2 aliphatic carbocycles. The molecule has 0 nitrogen and oxygen atoms in total. The van der Waals surface area contributed by atoms with E-state index in [0.29, 0.717) is 11.8 Å². The summed E-state index contributed by atoms with van der Waals surface area (Å²) in [6.07, 6.45) is 13.2. The van der Waals surface area contributed by atoms with Crippen LogP contribution in [-0.2, 0) is 0 Å². The van der Waals surface area contributed by atoms with Crippen LogP contribution in [0.4, 0.5) is 0 Å². The van der Waals surface area contributed by atoms with Gasteiger partial charge in [-0.15, -0.1) is 0 Å². The molecule has 1 atom stereocenters. The first-order chi connectivity index (χ1) is 24.4. The summed E-state index contributed by atoms with van der Waals surface area (Å²) in [5, 5.41) is 1.62. The Bertz CT molecular complexity index is 1590. The maximum Gasteiger partial charge on any atom is 0.108 e. The van der Waals surface area contributed by atoms with E-state index in [9.17, 15) is 0 Å². The fraction of sp³-hybridized carbons (Fsp3) is 0.375. The van der Waals surface area contributed by atoms with Crippen LogP contribution in [0.1, 0.15) is 138 Å². The average molecular weight is 679 g/mol. The predicted molar refractivity (Wildman–Crippen MR) is 227 cm³/mol. The summed E-state index contributed by atoms with van der Waals surface area (Å²) in [5.41, 5.74) is 12.4. The molecule has 2 fully saturated rings. The van der Waals surface area contributed by atoms with Crippen LogP contribution in [0.15, 0.2) is 127 Å². The summed E-state index contributed by atoms with van der Waals surface area (Å²) < 4.78 is 0. The third-order valence-electron chi connectivity index (χ3n) is 12.0. The SMILES string of the molecule is CC(C)c1cc([PH3+])c(C2CCCCC2)c(C(C)C)c1C1CCCCC1.c1ccc([B-](c2ccccc2)(c2ccccc2)c2ccccc2)cc1. The second-order valence-electron chi connectivity index (χ2n) is 15.9. The number of benzene rings is 5. The van der Waals surface area contributed by atoms with Crippen LogP contribution < -0.4 is 27.2 Å². The summed E-state index contributed by atoms with van der Waals surface area (Å²) in [6, 6.07) is 46.1. The van der Waals surface area contributed by atoms with E-state index in [4.69, 9.17) is 0 Å². The highest BCUT2D eigenvalue weighted by molar-refractivity contribution is 7.27. The molecule has 50 heavy (non-hydrogen) atoms. The monoisotopic (exact) mass is 678 g/mol. The summed E-state index contributed by atoms with van der Waals surface area (Å²) >= 11 is 0. The highest BCUT2D eigenvalue weighted by Gasteiger charge is 2.32. The van der Waals surface area contributed by atoms with Crippen molar-refractivity contribution in [3.63, 3.8) is 0 Å². The normalized spacial score (nSPS) is 16.0. The summed E-state index contributed by atoms with van der Waals surface area (Å²) in [5.74, 6) is 2.98. The quantitative estimate of drug-likeness (QED) is 0.113. The van der Waals surface area contributed by atoms with E-state index in [1.807, 2.05) is 0 Å². The fourth-order valence-corrected chi connectivity index (χ4v) is 10.5. The van der Waals surface area contributed by atoms with E-state index in [0.717, 1.165) is 11.8 Å². The first-order valence-corrected chi connectivity index (χ1v) is 20.5. The number of hydrogen-bond donors (Lipinski definition) is 0. The van der Waals surface area contributed by atoms with Crippen molar-refractivity contribution in [2.45, 2.75) is 116 Å². The van der Waals surface area contributed by atoms with Crippen LogP contribution in [0.25, 0.3) is 0 Å². The van der Waals surface area contributed by atoms with Crippen molar-refractivity contribution in [3.8, 4) is 0 Å². The lowest BCUT2D eigenvalue weighted by molar-refractivity contribution is 0.428. The van der Waals surface area contributed by atoms with Crippen LogP contribution in [0.3, 0.4) is 0 Å². The lowest BCUT2D eigenvalue weighted by atomic mass is 9.13. The molecule has 0 spiro atoms. The molecule has 5 aromatic carbocycles. The van der Waals surface area contributed by atoms with Crippen molar-refractivity contribution < 1.29 is 0 Å². The van der Waals surface area contributed by atoms with Gasteiger partial charge in [-0.25, -0.2) is 0 Å². The average Bonchev–Trinajstić information content (AvgIpc) is 3.17. The molecule has 0 bridgehead atoms. The van der Waals surface area contributed by atoms with Gasteiger partial charge in [0.15, 0.2) is 0 Å². The van der Waals surface area contributed by atoms with Crippen molar-refractivity contribution in [3.05, 3.63) is 150 Å². The van der Waals surface area contributed by atoms with Crippen molar-refractivity contribution >= 4 is 42.5 Å². The maximum absolute atomic E-state index is 2.61. The first-order valence-electron chi connectivity index (χ1n) is 19.8. The van der Waals surface area contributed by atoms with Crippen LogP contribution in [0.2, 0.25) is 0 Å². The van der Waals surface area contributed by atoms with Crippen LogP contribution in [0, 0.1) is 0 Å². The topological polar surface area (TPSA) is 0 Å². The van der Waals surface area contributed by atoms with Gasteiger partial charge < -0.3 is 0 Å². The maximum atomic E-state index is 2.61.